The number of hydrogen-bond donors (Lipinski definition) is 2. The quantitative estimate of drug-likeness (QED) is 0.623. The van der Waals surface area contributed by atoms with E-state index in [9.17, 15) is 5.11 Å². The van der Waals surface area contributed by atoms with Crippen LogP contribution in [0.15, 0.2) is 6.07 Å². The van der Waals surface area contributed by atoms with Gasteiger partial charge in [-0.2, -0.15) is 0 Å². The van der Waals surface area contributed by atoms with E-state index in [-0.39, 0.29) is 5.41 Å². The summed E-state index contributed by atoms with van der Waals surface area (Å²) in [5.74, 6) is 0.474. The lowest BCUT2D eigenvalue weighted by Crippen LogP contribution is -2.19. The second-order valence-corrected chi connectivity index (χ2v) is 6.92. The van der Waals surface area contributed by atoms with Crippen LogP contribution in [0.1, 0.15) is 49.8 Å². The minimum atomic E-state index is 0.224. The van der Waals surface area contributed by atoms with Crippen molar-refractivity contribution in [1.29, 1.82) is 0 Å². The summed E-state index contributed by atoms with van der Waals surface area (Å²) >= 11 is 2.31. The Morgan fingerprint density at radius 3 is 2.78 bits per heavy atom. The van der Waals surface area contributed by atoms with E-state index in [4.69, 9.17) is 0 Å². The number of fused-ring (bicyclic) bond motifs is 1. The van der Waals surface area contributed by atoms with Gasteiger partial charge in [0.25, 0.3) is 0 Å². The van der Waals surface area contributed by atoms with Gasteiger partial charge < -0.3 is 10.4 Å². The molecule has 0 saturated carbocycles. The minimum absolute atomic E-state index is 0.224. The number of nitrogens with one attached hydrogen (secondary N) is 1. The lowest BCUT2D eigenvalue weighted by Gasteiger charge is -2.27. The molecule has 0 amide bonds. The molecule has 1 aromatic carbocycles. The zero-order valence-corrected chi connectivity index (χ0v) is 13.6. The van der Waals surface area contributed by atoms with Gasteiger partial charge in [-0.1, -0.05) is 20.3 Å². The third kappa shape index (κ3) is 2.52. The summed E-state index contributed by atoms with van der Waals surface area (Å²) in [4.78, 5) is 0. The van der Waals surface area contributed by atoms with Crippen LogP contribution in [0.2, 0.25) is 0 Å². The van der Waals surface area contributed by atoms with E-state index in [0.717, 1.165) is 22.1 Å². The highest BCUT2D eigenvalue weighted by molar-refractivity contribution is 14.1. The number of hydrogen-bond acceptors (Lipinski definition) is 2. The molecule has 0 fully saturated rings. The minimum Gasteiger partial charge on any atom is -0.506 e. The second-order valence-electron chi connectivity index (χ2n) is 5.85. The van der Waals surface area contributed by atoms with Crippen LogP contribution in [0.5, 0.6) is 5.75 Å². The molecule has 0 aliphatic heterocycles. The Labute approximate surface area is 123 Å². The van der Waals surface area contributed by atoms with Crippen LogP contribution in [-0.4, -0.2) is 12.2 Å². The van der Waals surface area contributed by atoms with Crippen molar-refractivity contribution in [2.45, 2.75) is 51.5 Å². The normalized spacial score (nSPS) is 18.2. The standard InChI is InChI=1S/C15H22INO/c1-15(2)7-5-4-6-11-12(15)8-10(9-17-3)14(18)13(11)16/h8,17-18H,4-7,9H2,1-3H3. The monoisotopic (exact) mass is 359 g/mol. The van der Waals surface area contributed by atoms with Gasteiger partial charge in [-0.3, -0.25) is 0 Å². The number of phenols is 1. The SMILES string of the molecule is CNCc1cc2c(c(I)c1O)CCCCC2(C)C. The van der Waals surface area contributed by atoms with Crippen molar-refractivity contribution >= 4 is 22.6 Å². The van der Waals surface area contributed by atoms with Gasteiger partial charge in [0.05, 0.1) is 3.57 Å². The second kappa shape index (κ2) is 5.37. The highest BCUT2D eigenvalue weighted by Gasteiger charge is 2.29. The van der Waals surface area contributed by atoms with E-state index in [1.54, 1.807) is 0 Å². The molecule has 2 rings (SSSR count). The first-order valence-corrected chi connectivity index (χ1v) is 7.73. The van der Waals surface area contributed by atoms with Crippen LogP contribution in [-0.2, 0) is 18.4 Å². The summed E-state index contributed by atoms with van der Waals surface area (Å²) in [6, 6.07) is 2.22. The zero-order valence-electron chi connectivity index (χ0n) is 11.4. The Balaban J connectivity index is 2.61. The van der Waals surface area contributed by atoms with Gasteiger partial charge in [0.1, 0.15) is 5.75 Å². The summed E-state index contributed by atoms with van der Waals surface area (Å²) in [5, 5.41) is 13.4. The van der Waals surface area contributed by atoms with Crippen molar-refractivity contribution in [2.24, 2.45) is 0 Å². The van der Waals surface area contributed by atoms with E-state index in [2.05, 4.69) is 47.8 Å². The maximum atomic E-state index is 10.3. The van der Waals surface area contributed by atoms with Gasteiger partial charge in [-0.05, 0) is 71.5 Å². The Hall–Kier alpha value is -0.290. The van der Waals surface area contributed by atoms with E-state index in [0.29, 0.717) is 5.75 Å². The van der Waals surface area contributed by atoms with E-state index in [1.165, 1.54) is 30.4 Å². The molecule has 1 aliphatic carbocycles. The first-order valence-electron chi connectivity index (χ1n) is 6.65. The van der Waals surface area contributed by atoms with Crippen LogP contribution in [0.3, 0.4) is 0 Å². The Kier molecular flexibility index (Phi) is 4.22. The molecule has 0 saturated heterocycles. The van der Waals surface area contributed by atoms with Gasteiger partial charge in [-0.15, -0.1) is 0 Å². The Morgan fingerprint density at radius 2 is 2.11 bits per heavy atom. The predicted octanol–water partition coefficient (Wildman–Crippen LogP) is 3.72. The average molecular weight is 359 g/mol. The maximum absolute atomic E-state index is 10.3. The fraction of sp³-hybridized carbons (Fsp3) is 0.600. The molecule has 0 spiro atoms. The van der Waals surface area contributed by atoms with Crippen molar-refractivity contribution in [1.82, 2.24) is 5.32 Å². The Bertz CT molecular complexity index is 454. The molecule has 18 heavy (non-hydrogen) atoms. The summed E-state index contributed by atoms with van der Waals surface area (Å²) in [6.07, 6.45) is 4.85. The topological polar surface area (TPSA) is 32.3 Å². The average Bonchev–Trinajstić information content (AvgIpc) is 2.46. The summed E-state index contributed by atoms with van der Waals surface area (Å²) in [5.41, 5.74) is 4.06. The molecular formula is C15H22INO. The summed E-state index contributed by atoms with van der Waals surface area (Å²) in [6.45, 7) is 5.38. The fourth-order valence-electron chi connectivity index (χ4n) is 2.91. The maximum Gasteiger partial charge on any atom is 0.133 e. The highest BCUT2D eigenvalue weighted by Crippen LogP contribution is 2.41. The number of benzene rings is 1. The number of rotatable bonds is 2. The van der Waals surface area contributed by atoms with Crippen molar-refractivity contribution in [3.63, 3.8) is 0 Å². The van der Waals surface area contributed by atoms with Crippen LogP contribution in [0.25, 0.3) is 0 Å². The number of aromatic hydroxyl groups is 1. The van der Waals surface area contributed by atoms with Crippen LogP contribution >= 0.6 is 22.6 Å². The molecule has 1 aliphatic rings. The van der Waals surface area contributed by atoms with Gasteiger partial charge in [0, 0.05) is 12.1 Å². The number of halogens is 1. The third-order valence-corrected chi connectivity index (χ3v) is 5.16. The molecule has 0 unspecified atom stereocenters. The molecule has 0 bridgehead atoms. The molecule has 0 radical (unpaired) electrons. The molecular weight excluding hydrogens is 337 g/mol. The first kappa shape index (κ1) is 14.1. The van der Waals surface area contributed by atoms with E-state index in [1.807, 2.05) is 7.05 Å². The van der Waals surface area contributed by atoms with Crippen molar-refractivity contribution in [3.05, 3.63) is 26.3 Å². The molecule has 100 valence electrons. The smallest absolute Gasteiger partial charge is 0.133 e. The van der Waals surface area contributed by atoms with Crippen molar-refractivity contribution in [2.75, 3.05) is 7.05 Å². The molecule has 3 heteroatoms. The molecule has 0 aromatic heterocycles. The fourth-order valence-corrected chi connectivity index (χ4v) is 3.82. The van der Waals surface area contributed by atoms with Crippen LogP contribution < -0.4 is 5.32 Å². The molecule has 0 heterocycles. The first-order chi connectivity index (χ1) is 8.47. The Morgan fingerprint density at radius 1 is 1.39 bits per heavy atom. The third-order valence-electron chi connectivity index (χ3n) is 4.00. The molecule has 2 nitrogen and oxygen atoms in total. The van der Waals surface area contributed by atoms with Crippen molar-refractivity contribution < 1.29 is 5.11 Å². The van der Waals surface area contributed by atoms with E-state index < -0.39 is 0 Å². The van der Waals surface area contributed by atoms with Gasteiger partial charge in [-0.25, -0.2) is 0 Å². The zero-order chi connectivity index (χ0) is 13.3. The molecule has 2 N–H and O–H groups in total. The molecule has 1 aromatic rings. The summed E-state index contributed by atoms with van der Waals surface area (Å²) < 4.78 is 1.06. The highest BCUT2D eigenvalue weighted by atomic mass is 127. The largest absolute Gasteiger partial charge is 0.506 e. The van der Waals surface area contributed by atoms with Gasteiger partial charge in [0.2, 0.25) is 0 Å². The lowest BCUT2D eigenvalue weighted by atomic mass is 9.79. The van der Waals surface area contributed by atoms with Crippen LogP contribution in [0.4, 0.5) is 0 Å². The summed E-state index contributed by atoms with van der Waals surface area (Å²) in [7, 11) is 1.92. The van der Waals surface area contributed by atoms with Gasteiger partial charge in [0.15, 0.2) is 0 Å². The lowest BCUT2D eigenvalue weighted by molar-refractivity contribution is 0.453. The van der Waals surface area contributed by atoms with E-state index >= 15 is 0 Å². The molecule has 0 atom stereocenters. The number of phenolic OH excluding ortho intramolecular Hbond substituents is 1. The van der Waals surface area contributed by atoms with Crippen LogP contribution in [0, 0.1) is 3.57 Å². The van der Waals surface area contributed by atoms with Crippen molar-refractivity contribution in [3.8, 4) is 5.75 Å². The van der Waals surface area contributed by atoms with Gasteiger partial charge >= 0.3 is 0 Å². The predicted molar refractivity (Wildman–Crippen MR) is 84.2 cm³/mol.